The first-order valence-corrected chi connectivity index (χ1v) is 7.47. The van der Waals surface area contributed by atoms with Gasteiger partial charge in [-0.05, 0) is 29.8 Å². The zero-order valence-corrected chi connectivity index (χ0v) is 12.2. The molecule has 21 heavy (non-hydrogen) atoms. The fraction of sp³-hybridized carbons (Fsp3) is 0.188. The quantitative estimate of drug-likeness (QED) is 0.608. The first-order chi connectivity index (χ1) is 10.2. The molecule has 0 spiro atoms. The summed E-state index contributed by atoms with van der Waals surface area (Å²) in [4.78, 5) is 12.1. The number of aromatic carboxylic acids is 1. The zero-order valence-electron chi connectivity index (χ0n) is 11.4. The number of hydrogen-bond donors (Lipinski definition) is 2. The third kappa shape index (κ3) is 4.51. The van der Waals surface area contributed by atoms with Crippen LogP contribution in [0.3, 0.4) is 0 Å². The molecule has 2 aromatic rings. The van der Waals surface area contributed by atoms with Gasteiger partial charge < -0.3 is 14.9 Å². The topological polar surface area (TPSA) is 66.8 Å². The highest BCUT2D eigenvalue weighted by molar-refractivity contribution is 7.99. The molecule has 0 fully saturated rings. The molecule has 2 N–H and O–H groups in total. The number of hydrogen-bond acceptors (Lipinski definition) is 4. The van der Waals surface area contributed by atoms with Crippen molar-refractivity contribution in [2.24, 2.45) is 0 Å². The lowest BCUT2D eigenvalue weighted by molar-refractivity contribution is 0.0692. The summed E-state index contributed by atoms with van der Waals surface area (Å²) in [6.45, 7) is 0.469. The number of rotatable bonds is 7. The molecule has 0 aliphatic rings. The van der Waals surface area contributed by atoms with E-state index in [1.165, 1.54) is 6.07 Å². The second-order valence-corrected chi connectivity index (χ2v) is 5.47. The summed E-state index contributed by atoms with van der Waals surface area (Å²) in [7, 11) is 0. The minimum atomic E-state index is -0.988. The van der Waals surface area contributed by atoms with Crippen LogP contribution in [0.4, 0.5) is 0 Å². The number of carboxylic acid groups (broad SMARTS) is 1. The summed E-state index contributed by atoms with van der Waals surface area (Å²) in [6.07, 6.45) is 0. The molecule has 0 saturated carbocycles. The molecule has 0 saturated heterocycles. The van der Waals surface area contributed by atoms with Crippen LogP contribution in [-0.2, 0) is 6.61 Å². The highest BCUT2D eigenvalue weighted by Gasteiger charge is 2.09. The Hall–Kier alpha value is -1.98. The minimum Gasteiger partial charge on any atom is -0.492 e. The summed E-state index contributed by atoms with van der Waals surface area (Å²) in [5, 5.41) is 18.0. The van der Waals surface area contributed by atoms with Crippen LogP contribution < -0.4 is 4.74 Å². The van der Waals surface area contributed by atoms with E-state index in [9.17, 15) is 4.79 Å². The maximum atomic E-state index is 11.0. The van der Waals surface area contributed by atoms with Gasteiger partial charge in [0.25, 0.3) is 0 Å². The molecule has 2 rings (SSSR count). The summed E-state index contributed by atoms with van der Waals surface area (Å²) in [5.74, 6) is 0.117. The predicted molar refractivity (Wildman–Crippen MR) is 82.0 cm³/mol. The van der Waals surface area contributed by atoms with E-state index >= 15 is 0 Å². The fourth-order valence-corrected chi connectivity index (χ4v) is 2.50. The summed E-state index contributed by atoms with van der Waals surface area (Å²) >= 11 is 1.62. The van der Waals surface area contributed by atoms with Gasteiger partial charge in [-0.3, -0.25) is 0 Å². The van der Waals surface area contributed by atoms with Crippen LogP contribution in [0, 0.1) is 0 Å². The van der Waals surface area contributed by atoms with Crippen molar-refractivity contribution in [2.45, 2.75) is 11.5 Å². The van der Waals surface area contributed by atoms with Crippen molar-refractivity contribution >= 4 is 17.7 Å². The predicted octanol–water partition coefficient (Wildman–Crippen LogP) is 3.05. The number of para-hydroxylation sites is 1. The molecule has 2 aromatic carbocycles. The van der Waals surface area contributed by atoms with E-state index in [4.69, 9.17) is 14.9 Å². The fourth-order valence-electron chi connectivity index (χ4n) is 1.77. The molecule has 4 nitrogen and oxygen atoms in total. The molecule has 110 valence electrons. The molecular formula is C16H16O4S. The number of aliphatic hydroxyl groups excluding tert-OH is 1. The van der Waals surface area contributed by atoms with Crippen molar-refractivity contribution in [3.8, 4) is 5.75 Å². The number of thioether (sulfide) groups is 1. The monoisotopic (exact) mass is 304 g/mol. The van der Waals surface area contributed by atoms with E-state index in [0.717, 1.165) is 10.5 Å². The average Bonchev–Trinajstić information content (AvgIpc) is 2.52. The van der Waals surface area contributed by atoms with E-state index in [-0.39, 0.29) is 12.2 Å². The van der Waals surface area contributed by atoms with E-state index in [1.807, 2.05) is 24.3 Å². The van der Waals surface area contributed by atoms with Gasteiger partial charge >= 0.3 is 5.97 Å². The molecule has 5 heteroatoms. The maximum Gasteiger partial charge on any atom is 0.339 e. The lowest BCUT2D eigenvalue weighted by atomic mass is 10.2. The third-order valence-electron chi connectivity index (χ3n) is 2.83. The second kappa shape index (κ2) is 7.71. The van der Waals surface area contributed by atoms with Crippen molar-refractivity contribution in [2.75, 3.05) is 12.4 Å². The number of carboxylic acids is 1. The lowest BCUT2D eigenvalue weighted by Crippen LogP contribution is -2.05. The molecule has 0 unspecified atom stereocenters. The summed E-state index contributed by atoms with van der Waals surface area (Å²) < 4.78 is 5.52. The summed E-state index contributed by atoms with van der Waals surface area (Å²) in [6, 6.07) is 14.3. The summed E-state index contributed by atoms with van der Waals surface area (Å²) in [5.41, 5.74) is 1.06. The minimum absolute atomic E-state index is 0.0417. The number of carbonyl (C=O) groups is 1. The average molecular weight is 304 g/mol. The van der Waals surface area contributed by atoms with Gasteiger partial charge in [-0.2, -0.15) is 0 Å². The Balaban J connectivity index is 1.83. The number of aliphatic hydroxyl groups is 1. The Labute approximate surface area is 127 Å². The molecule has 0 heterocycles. The standard InChI is InChI=1S/C16H16O4S/c17-11-12-5-7-13(8-6-12)21-10-9-20-15-4-2-1-3-14(15)16(18)19/h1-8,17H,9-11H2,(H,18,19). The van der Waals surface area contributed by atoms with Gasteiger partial charge in [0, 0.05) is 10.6 Å². The van der Waals surface area contributed by atoms with E-state index in [1.54, 1.807) is 30.0 Å². The Bertz CT molecular complexity index is 595. The van der Waals surface area contributed by atoms with Crippen molar-refractivity contribution in [1.82, 2.24) is 0 Å². The van der Waals surface area contributed by atoms with Crippen LogP contribution >= 0.6 is 11.8 Å². The normalized spacial score (nSPS) is 10.3. The smallest absolute Gasteiger partial charge is 0.339 e. The Kier molecular flexibility index (Phi) is 5.66. The van der Waals surface area contributed by atoms with E-state index in [2.05, 4.69) is 0 Å². The van der Waals surface area contributed by atoms with Crippen LogP contribution in [0.2, 0.25) is 0 Å². The third-order valence-corrected chi connectivity index (χ3v) is 3.81. The van der Waals surface area contributed by atoms with Crippen molar-refractivity contribution in [3.63, 3.8) is 0 Å². The Morgan fingerprint density at radius 2 is 1.81 bits per heavy atom. The zero-order chi connectivity index (χ0) is 15.1. The van der Waals surface area contributed by atoms with Crippen LogP contribution in [0.5, 0.6) is 5.75 Å². The molecule has 0 aliphatic heterocycles. The Morgan fingerprint density at radius 1 is 1.10 bits per heavy atom. The van der Waals surface area contributed by atoms with E-state index in [0.29, 0.717) is 18.1 Å². The number of benzene rings is 2. The molecule has 0 amide bonds. The molecule has 0 aromatic heterocycles. The number of ether oxygens (including phenoxy) is 1. The molecule has 0 bridgehead atoms. The largest absolute Gasteiger partial charge is 0.492 e. The maximum absolute atomic E-state index is 11.0. The van der Waals surface area contributed by atoms with Crippen molar-refractivity contribution in [1.29, 1.82) is 0 Å². The molecular weight excluding hydrogens is 288 g/mol. The molecule has 0 aliphatic carbocycles. The SMILES string of the molecule is O=C(O)c1ccccc1OCCSc1ccc(CO)cc1. The van der Waals surface area contributed by atoms with Gasteiger partial charge in [0.05, 0.1) is 13.2 Å². The highest BCUT2D eigenvalue weighted by Crippen LogP contribution is 2.21. The van der Waals surface area contributed by atoms with Gasteiger partial charge in [-0.1, -0.05) is 24.3 Å². The lowest BCUT2D eigenvalue weighted by Gasteiger charge is -2.08. The van der Waals surface area contributed by atoms with Crippen LogP contribution in [-0.4, -0.2) is 28.5 Å². The van der Waals surface area contributed by atoms with Gasteiger partial charge in [-0.15, -0.1) is 11.8 Å². The first kappa shape index (κ1) is 15.4. The molecule has 0 atom stereocenters. The van der Waals surface area contributed by atoms with Gasteiger partial charge in [0.15, 0.2) is 0 Å². The van der Waals surface area contributed by atoms with Crippen LogP contribution in [0.25, 0.3) is 0 Å². The van der Waals surface area contributed by atoms with Crippen molar-refractivity contribution < 1.29 is 19.7 Å². The van der Waals surface area contributed by atoms with Crippen LogP contribution in [0.1, 0.15) is 15.9 Å². The Morgan fingerprint density at radius 3 is 2.48 bits per heavy atom. The van der Waals surface area contributed by atoms with E-state index < -0.39 is 5.97 Å². The second-order valence-electron chi connectivity index (χ2n) is 4.30. The van der Waals surface area contributed by atoms with Gasteiger partial charge in [0.1, 0.15) is 11.3 Å². The van der Waals surface area contributed by atoms with Crippen molar-refractivity contribution in [3.05, 3.63) is 59.7 Å². The first-order valence-electron chi connectivity index (χ1n) is 6.48. The highest BCUT2D eigenvalue weighted by atomic mass is 32.2. The molecule has 0 radical (unpaired) electrons. The van der Waals surface area contributed by atoms with Gasteiger partial charge in [-0.25, -0.2) is 4.79 Å². The van der Waals surface area contributed by atoms with Gasteiger partial charge in [0.2, 0.25) is 0 Å². The van der Waals surface area contributed by atoms with Crippen LogP contribution in [0.15, 0.2) is 53.4 Å².